The van der Waals surface area contributed by atoms with Crippen molar-refractivity contribution in [3.63, 3.8) is 0 Å². The molecule has 0 radical (unpaired) electrons. The Kier molecular flexibility index (Phi) is 6.75. The minimum atomic E-state index is -0.661. The Bertz CT molecular complexity index is 991. The molecule has 2 rings (SSSR count). The molecule has 0 saturated carbocycles. The molecule has 2 amide bonds. The first-order valence-corrected chi connectivity index (χ1v) is 8.77. The summed E-state index contributed by atoms with van der Waals surface area (Å²) in [5.41, 5.74) is 0.125. The molecular formula is C19H24N4O5. The fourth-order valence-corrected chi connectivity index (χ4v) is 2.54. The zero-order valence-corrected chi connectivity index (χ0v) is 16.3. The van der Waals surface area contributed by atoms with Crippen LogP contribution < -0.4 is 26.6 Å². The molecule has 150 valence electrons. The van der Waals surface area contributed by atoms with Crippen LogP contribution in [0.1, 0.15) is 25.8 Å². The molecule has 0 unspecified atom stereocenters. The summed E-state index contributed by atoms with van der Waals surface area (Å²) < 4.78 is 6.39. The average Bonchev–Trinajstić information content (AvgIpc) is 2.60. The first-order valence-electron chi connectivity index (χ1n) is 8.77. The van der Waals surface area contributed by atoms with Crippen molar-refractivity contribution < 1.29 is 14.3 Å². The van der Waals surface area contributed by atoms with Crippen molar-refractivity contribution in [1.82, 2.24) is 9.55 Å². The zero-order chi connectivity index (χ0) is 20.8. The highest BCUT2D eigenvalue weighted by Crippen LogP contribution is 2.28. The maximum atomic E-state index is 12.2. The smallest absolute Gasteiger partial charge is 0.328 e. The largest absolute Gasteiger partial charge is 0.494 e. The highest BCUT2D eigenvalue weighted by atomic mass is 16.5. The van der Waals surface area contributed by atoms with Crippen molar-refractivity contribution in [2.75, 3.05) is 17.7 Å². The molecule has 0 aliphatic heterocycles. The molecule has 0 aliphatic rings. The second-order valence-corrected chi connectivity index (χ2v) is 6.81. The van der Waals surface area contributed by atoms with Crippen LogP contribution in [0.2, 0.25) is 0 Å². The van der Waals surface area contributed by atoms with Crippen molar-refractivity contribution in [2.45, 2.75) is 33.7 Å². The predicted molar refractivity (Wildman–Crippen MR) is 106 cm³/mol. The topological polar surface area (TPSA) is 122 Å². The number of rotatable bonds is 7. The summed E-state index contributed by atoms with van der Waals surface area (Å²) in [4.78, 5) is 49.5. The number of aromatic amines is 1. The van der Waals surface area contributed by atoms with Gasteiger partial charge in [-0.05, 0) is 25.0 Å². The van der Waals surface area contributed by atoms with Gasteiger partial charge >= 0.3 is 5.69 Å². The number of hydrogen-bond donors (Lipinski definition) is 3. The number of anilines is 2. The van der Waals surface area contributed by atoms with Gasteiger partial charge in [-0.2, -0.15) is 0 Å². The van der Waals surface area contributed by atoms with E-state index in [0.717, 1.165) is 4.57 Å². The number of carbonyl (C=O) groups excluding carboxylic acids is 2. The van der Waals surface area contributed by atoms with Crippen molar-refractivity contribution >= 4 is 23.2 Å². The molecule has 1 aromatic heterocycles. The van der Waals surface area contributed by atoms with Crippen LogP contribution in [0.4, 0.5) is 11.4 Å². The third kappa shape index (κ3) is 5.57. The number of H-pyrrole nitrogens is 1. The SMILES string of the molecule is COc1cc(NC(=O)Cn2cc(C)c(=O)[nH]c2=O)ccc1NC(=O)CC(C)C. The van der Waals surface area contributed by atoms with Crippen LogP contribution in [0.25, 0.3) is 0 Å². The number of methoxy groups -OCH3 is 1. The molecule has 0 bridgehead atoms. The molecule has 3 N–H and O–H groups in total. The van der Waals surface area contributed by atoms with Gasteiger partial charge in [0.25, 0.3) is 5.56 Å². The summed E-state index contributed by atoms with van der Waals surface area (Å²) in [5.74, 6) is 0.0431. The van der Waals surface area contributed by atoms with Gasteiger partial charge < -0.3 is 15.4 Å². The number of aromatic nitrogens is 2. The summed E-state index contributed by atoms with van der Waals surface area (Å²) >= 11 is 0. The molecular weight excluding hydrogens is 364 g/mol. The average molecular weight is 388 g/mol. The summed E-state index contributed by atoms with van der Waals surface area (Å²) in [5, 5.41) is 5.43. The van der Waals surface area contributed by atoms with Crippen LogP contribution in [0.3, 0.4) is 0 Å². The first kappa shape index (κ1) is 20.9. The molecule has 0 spiro atoms. The number of nitrogens with zero attached hydrogens (tertiary/aromatic N) is 1. The van der Waals surface area contributed by atoms with Crippen LogP contribution in [-0.4, -0.2) is 28.5 Å². The van der Waals surface area contributed by atoms with E-state index in [4.69, 9.17) is 4.74 Å². The zero-order valence-electron chi connectivity index (χ0n) is 16.3. The lowest BCUT2D eigenvalue weighted by Crippen LogP contribution is -2.34. The second kappa shape index (κ2) is 9.03. The third-order valence-corrected chi connectivity index (χ3v) is 3.86. The van der Waals surface area contributed by atoms with Crippen LogP contribution >= 0.6 is 0 Å². The van der Waals surface area contributed by atoms with Crippen molar-refractivity contribution in [2.24, 2.45) is 5.92 Å². The minimum absolute atomic E-state index is 0.127. The van der Waals surface area contributed by atoms with E-state index in [2.05, 4.69) is 15.6 Å². The highest BCUT2D eigenvalue weighted by molar-refractivity contribution is 5.94. The Morgan fingerprint density at radius 3 is 2.54 bits per heavy atom. The maximum absolute atomic E-state index is 12.2. The molecule has 1 heterocycles. The lowest BCUT2D eigenvalue weighted by molar-refractivity contribution is -0.117. The number of hydrogen-bond acceptors (Lipinski definition) is 5. The van der Waals surface area contributed by atoms with E-state index in [1.54, 1.807) is 25.1 Å². The van der Waals surface area contributed by atoms with Gasteiger partial charge in [-0.15, -0.1) is 0 Å². The van der Waals surface area contributed by atoms with E-state index in [0.29, 0.717) is 29.1 Å². The molecule has 1 aromatic carbocycles. The van der Waals surface area contributed by atoms with Gasteiger partial charge in [0.15, 0.2) is 0 Å². The summed E-state index contributed by atoms with van der Waals surface area (Å²) in [6.45, 7) is 5.19. The summed E-state index contributed by atoms with van der Waals surface area (Å²) in [7, 11) is 1.46. The van der Waals surface area contributed by atoms with E-state index in [1.807, 2.05) is 13.8 Å². The lowest BCUT2D eigenvalue weighted by Gasteiger charge is -2.13. The number of amides is 2. The van der Waals surface area contributed by atoms with E-state index in [9.17, 15) is 19.2 Å². The van der Waals surface area contributed by atoms with Crippen molar-refractivity contribution in [3.8, 4) is 5.75 Å². The third-order valence-electron chi connectivity index (χ3n) is 3.86. The molecule has 0 atom stereocenters. The quantitative estimate of drug-likeness (QED) is 0.663. The van der Waals surface area contributed by atoms with Crippen LogP contribution in [0, 0.1) is 12.8 Å². The van der Waals surface area contributed by atoms with E-state index >= 15 is 0 Å². The number of nitrogens with one attached hydrogen (secondary N) is 3. The second-order valence-electron chi connectivity index (χ2n) is 6.81. The number of aryl methyl sites for hydroxylation is 1. The lowest BCUT2D eigenvalue weighted by atomic mass is 10.1. The van der Waals surface area contributed by atoms with Gasteiger partial charge in [0.1, 0.15) is 12.3 Å². The molecule has 9 heteroatoms. The van der Waals surface area contributed by atoms with Gasteiger partial charge in [-0.3, -0.25) is 23.9 Å². The molecule has 28 heavy (non-hydrogen) atoms. The minimum Gasteiger partial charge on any atom is -0.494 e. The first-order chi connectivity index (χ1) is 13.2. The standard InChI is InChI=1S/C19H24N4O5/c1-11(2)7-16(24)21-14-6-5-13(8-15(14)28-4)20-17(25)10-23-9-12(3)18(26)22-19(23)27/h5-6,8-9,11H,7,10H2,1-4H3,(H,20,25)(H,21,24)(H,22,26,27). The molecule has 0 fully saturated rings. The van der Waals surface area contributed by atoms with Gasteiger partial charge in [-0.1, -0.05) is 13.8 Å². The Balaban J connectivity index is 2.10. The summed E-state index contributed by atoms with van der Waals surface area (Å²) in [6.07, 6.45) is 1.71. The fraction of sp³-hybridized carbons (Fsp3) is 0.368. The molecule has 0 aliphatic carbocycles. The van der Waals surface area contributed by atoms with E-state index in [-0.39, 0.29) is 18.4 Å². The Hall–Kier alpha value is -3.36. The van der Waals surface area contributed by atoms with Crippen LogP contribution in [0.15, 0.2) is 34.0 Å². The van der Waals surface area contributed by atoms with Crippen molar-refractivity contribution in [1.29, 1.82) is 0 Å². The van der Waals surface area contributed by atoms with Crippen LogP contribution in [-0.2, 0) is 16.1 Å². The number of carbonyl (C=O) groups is 2. The summed E-state index contributed by atoms with van der Waals surface area (Å²) in [6, 6.07) is 4.82. The van der Waals surface area contributed by atoms with Gasteiger partial charge in [-0.25, -0.2) is 4.79 Å². The van der Waals surface area contributed by atoms with E-state index in [1.165, 1.54) is 13.3 Å². The monoisotopic (exact) mass is 388 g/mol. The van der Waals surface area contributed by atoms with Crippen molar-refractivity contribution in [3.05, 3.63) is 50.8 Å². The van der Waals surface area contributed by atoms with Gasteiger partial charge in [0.2, 0.25) is 11.8 Å². The Morgan fingerprint density at radius 2 is 1.89 bits per heavy atom. The molecule has 0 saturated heterocycles. The molecule has 9 nitrogen and oxygen atoms in total. The normalized spacial score (nSPS) is 10.6. The molecule has 2 aromatic rings. The predicted octanol–water partition coefficient (Wildman–Crippen LogP) is 1.48. The highest BCUT2D eigenvalue weighted by Gasteiger charge is 2.12. The fourth-order valence-electron chi connectivity index (χ4n) is 2.54. The van der Waals surface area contributed by atoms with E-state index < -0.39 is 17.2 Å². The van der Waals surface area contributed by atoms with Crippen LogP contribution in [0.5, 0.6) is 5.75 Å². The van der Waals surface area contributed by atoms with Gasteiger partial charge in [0.05, 0.1) is 12.8 Å². The number of ether oxygens (including phenoxy) is 1. The number of benzene rings is 1. The van der Waals surface area contributed by atoms with Gasteiger partial charge in [0, 0.05) is 29.9 Å². The Morgan fingerprint density at radius 1 is 1.18 bits per heavy atom. The Labute approximate surface area is 161 Å². The maximum Gasteiger partial charge on any atom is 0.328 e.